The number of rotatable bonds is 1. The molecule has 0 unspecified atom stereocenters. The Morgan fingerprint density at radius 2 is 1.90 bits per heavy atom. The molecule has 8 heteroatoms. The first-order valence-corrected chi connectivity index (χ1v) is 6.60. The highest BCUT2D eigenvalue weighted by molar-refractivity contribution is 6.33. The molecule has 2 N–H and O–H groups in total. The number of aromatic nitrogens is 3. The van der Waals surface area contributed by atoms with Crippen LogP contribution >= 0.6 is 11.6 Å². The molecule has 0 aromatic carbocycles. The zero-order valence-corrected chi connectivity index (χ0v) is 11.2. The minimum Gasteiger partial charge on any atom is -0.319 e. The summed E-state index contributed by atoms with van der Waals surface area (Å²) in [4.78, 5) is 0. The van der Waals surface area contributed by atoms with E-state index in [9.17, 15) is 13.2 Å². The van der Waals surface area contributed by atoms with E-state index in [4.69, 9.17) is 17.3 Å². The van der Waals surface area contributed by atoms with Crippen LogP contribution < -0.4 is 5.73 Å². The molecular formula is C12H12ClF3N4. The van der Waals surface area contributed by atoms with Gasteiger partial charge in [-0.2, -0.15) is 13.2 Å². The van der Waals surface area contributed by atoms with E-state index in [0.717, 1.165) is 25.1 Å². The second-order valence-corrected chi connectivity index (χ2v) is 5.56. The van der Waals surface area contributed by atoms with E-state index < -0.39 is 17.3 Å². The standard InChI is InChI=1S/C12H12ClF3N4/c13-8-5-7(12(14,15)16)6-20-9(8)18-19-10(20)11(17)3-1-2-4-11/h5-6H,1-4,17H2. The predicted octanol–water partition coefficient (Wildman–Crippen LogP) is 3.13. The second kappa shape index (κ2) is 4.33. The molecule has 1 saturated carbocycles. The van der Waals surface area contributed by atoms with Crippen LogP contribution in [0.5, 0.6) is 0 Å². The number of nitrogens with two attached hydrogens (primary N) is 1. The van der Waals surface area contributed by atoms with Gasteiger partial charge in [0.15, 0.2) is 11.5 Å². The monoisotopic (exact) mass is 304 g/mol. The fraction of sp³-hybridized carbons (Fsp3) is 0.500. The zero-order chi connectivity index (χ0) is 14.5. The van der Waals surface area contributed by atoms with Crippen molar-refractivity contribution in [1.82, 2.24) is 14.6 Å². The highest BCUT2D eigenvalue weighted by atomic mass is 35.5. The molecule has 0 spiro atoms. The number of fused-ring (bicyclic) bond motifs is 1. The van der Waals surface area contributed by atoms with Gasteiger partial charge in [0.25, 0.3) is 0 Å². The van der Waals surface area contributed by atoms with Gasteiger partial charge in [-0.05, 0) is 18.9 Å². The highest BCUT2D eigenvalue weighted by Crippen LogP contribution is 2.37. The molecule has 0 atom stereocenters. The van der Waals surface area contributed by atoms with E-state index in [1.807, 2.05) is 0 Å². The van der Waals surface area contributed by atoms with Gasteiger partial charge in [0.1, 0.15) is 0 Å². The Hall–Kier alpha value is -1.34. The fourth-order valence-corrected chi connectivity index (χ4v) is 2.92. The average molecular weight is 305 g/mol. The molecule has 0 radical (unpaired) electrons. The van der Waals surface area contributed by atoms with E-state index in [2.05, 4.69) is 10.2 Å². The quantitative estimate of drug-likeness (QED) is 0.880. The summed E-state index contributed by atoms with van der Waals surface area (Å²) in [5.74, 6) is 0.345. The van der Waals surface area contributed by atoms with Crippen LogP contribution in [0, 0.1) is 0 Å². The van der Waals surface area contributed by atoms with Crippen molar-refractivity contribution in [2.75, 3.05) is 0 Å². The van der Waals surface area contributed by atoms with Crippen LogP contribution in [0.15, 0.2) is 12.3 Å². The second-order valence-electron chi connectivity index (χ2n) is 5.15. The Labute approximate surface area is 117 Å². The molecule has 1 fully saturated rings. The molecule has 4 nitrogen and oxygen atoms in total. The average Bonchev–Trinajstić information content (AvgIpc) is 2.94. The summed E-state index contributed by atoms with van der Waals surface area (Å²) in [5, 5.41) is 7.75. The van der Waals surface area contributed by atoms with Gasteiger partial charge in [0.05, 0.1) is 16.1 Å². The number of nitrogens with zero attached hydrogens (tertiary/aromatic N) is 3. The molecule has 1 aliphatic carbocycles. The van der Waals surface area contributed by atoms with Crippen LogP contribution in [0.4, 0.5) is 13.2 Å². The molecule has 20 heavy (non-hydrogen) atoms. The smallest absolute Gasteiger partial charge is 0.319 e. The van der Waals surface area contributed by atoms with Gasteiger partial charge in [-0.1, -0.05) is 24.4 Å². The van der Waals surface area contributed by atoms with E-state index in [0.29, 0.717) is 18.7 Å². The van der Waals surface area contributed by atoms with Gasteiger partial charge in [0, 0.05) is 6.20 Å². The first-order chi connectivity index (χ1) is 9.31. The van der Waals surface area contributed by atoms with E-state index in [1.54, 1.807) is 0 Å². The number of hydrogen-bond donors (Lipinski definition) is 1. The third-order valence-corrected chi connectivity index (χ3v) is 4.01. The van der Waals surface area contributed by atoms with Crippen LogP contribution in [0.1, 0.15) is 37.1 Å². The number of alkyl halides is 3. The van der Waals surface area contributed by atoms with Gasteiger partial charge in [-0.3, -0.25) is 4.40 Å². The van der Waals surface area contributed by atoms with Gasteiger partial charge < -0.3 is 5.73 Å². The SMILES string of the molecule is NC1(c2nnc3c(Cl)cc(C(F)(F)F)cn23)CCCC1. The van der Waals surface area contributed by atoms with E-state index in [1.165, 1.54) is 4.40 Å². The molecule has 2 aromatic heterocycles. The first kappa shape index (κ1) is 13.6. The third kappa shape index (κ3) is 2.05. The van der Waals surface area contributed by atoms with Crippen LogP contribution in [-0.2, 0) is 11.7 Å². The lowest BCUT2D eigenvalue weighted by molar-refractivity contribution is -0.137. The van der Waals surface area contributed by atoms with Crippen molar-refractivity contribution in [1.29, 1.82) is 0 Å². The van der Waals surface area contributed by atoms with Crippen molar-refractivity contribution < 1.29 is 13.2 Å². The molecule has 0 bridgehead atoms. The van der Waals surface area contributed by atoms with Gasteiger partial charge >= 0.3 is 6.18 Å². The van der Waals surface area contributed by atoms with Crippen LogP contribution in [0.25, 0.3) is 5.65 Å². The summed E-state index contributed by atoms with van der Waals surface area (Å²) in [6.07, 6.45) is -0.292. The fourth-order valence-electron chi connectivity index (χ4n) is 2.68. The maximum atomic E-state index is 12.9. The number of hydrogen-bond acceptors (Lipinski definition) is 3. The van der Waals surface area contributed by atoms with Gasteiger partial charge in [-0.15, -0.1) is 10.2 Å². The Kier molecular flexibility index (Phi) is 2.95. The molecule has 1 aliphatic rings. The van der Waals surface area contributed by atoms with Crippen molar-refractivity contribution in [3.63, 3.8) is 0 Å². The van der Waals surface area contributed by atoms with E-state index in [-0.39, 0.29) is 10.7 Å². The zero-order valence-electron chi connectivity index (χ0n) is 10.4. The van der Waals surface area contributed by atoms with Crippen LogP contribution in [0.2, 0.25) is 5.02 Å². The number of halogens is 4. The third-order valence-electron chi connectivity index (χ3n) is 3.73. The molecule has 3 rings (SSSR count). The Bertz CT molecular complexity index is 659. The van der Waals surface area contributed by atoms with Crippen LogP contribution in [-0.4, -0.2) is 14.6 Å². The molecule has 108 valence electrons. The summed E-state index contributed by atoms with van der Waals surface area (Å²) < 4.78 is 39.9. The molecule has 0 saturated heterocycles. The largest absolute Gasteiger partial charge is 0.417 e. The summed E-state index contributed by atoms with van der Waals surface area (Å²) in [6.45, 7) is 0. The lowest BCUT2D eigenvalue weighted by atomic mass is 9.98. The van der Waals surface area contributed by atoms with Crippen molar-refractivity contribution in [2.45, 2.75) is 37.4 Å². The summed E-state index contributed by atoms with van der Waals surface area (Å²) in [6, 6.07) is 0.854. The summed E-state index contributed by atoms with van der Waals surface area (Å²) >= 11 is 5.87. The maximum Gasteiger partial charge on any atom is 0.417 e. The van der Waals surface area contributed by atoms with Gasteiger partial charge in [0.2, 0.25) is 0 Å². The molecule has 0 amide bonds. The van der Waals surface area contributed by atoms with Crippen molar-refractivity contribution >= 4 is 17.2 Å². The lowest BCUT2D eigenvalue weighted by Crippen LogP contribution is -2.35. The predicted molar refractivity (Wildman–Crippen MR) is 67.3 cm³/mol. The van der Waals surface area contributed by atoms with Crippen molar-refractivity contribution in [2.24, 2.45) is 5.73 Å². The minimum absolute atomic E-state index is 0.0832. The van der Waals surface area contributed by atoms with E-state index >= 15 is 0 Å². The molecule has 2 heterocycles. The number of pyridine rings is 1. The topological polar surface area (TPSA) is 56.2 Å². The Morgan fingerprint density at radius 1 is 1.25 bits per heavy atom. The highest BCUT2D eigenvalue weighted by Gasteiger charge is 2.37. The van der Waals surface area contributed by atoms with Crippen LogP contribution in [0.3, 0.4) is 0 Å². The summed E-state index contributed by atoms with van der Waals surface area (Å²) in [7, 11) is 0. The minimum atomic E-state index is -4.48. The van der Waals surface area contributed by atoms with Crippen molar-refractivity contribution in [3.05, 3.63) is 28.7 Å². The Morgan fingerprint density at radius 3 is 2.50 bits per heavy atom. The molecular weight excluding hydrogens is 293 g/mol. The first-order valence-electron chi connectivity index (χ1n) is 6.22. The molecule has 2 aromatic rings. The lowest BCUT2D eigenvalue weighted by Gasteiger charge is -2.21. The summed E-state index contributed by atoms with van der Waals surface area (Å²) in [5.41, 5.74) is 4.89. The van der Waals surface area contributed by atoms with Crippen molar-refractivity contribution in [3.8, 4) is 0 Å². The maximum absolute atomic E-state index is 12.9. The Balaban J connectivity index is 2.22. The molecule has 0 aliphatic heterocycles. The normalized spacial score (nSPS) is 18.9. The van der Waals surface area contributed by atoms with Gasteiger partial charge in [-0.25, -0.2) is 0 Å².